The number of halogens is 6. The van der Waals surface area contributed by atoms with E-state index in [2.05, 4.69) is 13.8 Å². The zero-order chi connectivity index (χ0) is 27.4. The molecule has 9 heteroatoms. The molecule has 1 amide bonds. The van der Waals surface area contributed by atoms with Gasteiger partial charge in [-0.2, -0.15) is 26.3 Å². The summed E-state index contributed by atoms with van der Waals surface area (Å²) in [6.07, 6.45) is 1.26. The van der Waals surface area contributed by atoms with Crippen molar-refractivity contribution in [2.75, 3.05) is 0 Å². The van der Waals surface area contributed by atoms with Gasteiger partial charge in [0.2, 0.25) is 5.91 Å². The Labute approximate surface area is 212 Å². The van der Waals surface area contributed by atoms with Crippen molar-refractivity contribution in [2.45, 2.75) is 77.6 Å². The molecule has 204 valence electrons. The number of alkyl halides is 6. The lowest BCUT2D eigenvalue weighted by Crippen LogP contribution is -2.51. The van der Waals surface area contributed by atoms with Gasteiger partial charge in [0.25, 0.3) is 0 Å². The third-order valence-corrected chi connectivity index (χ3v) is 9.85. The number of amides is 1. The monoisotopic (exact) mass is 529 g/mol. The van der Waals surface area contributed by atoms with E-state index in [1.165, 1.54) is 24.8 Å². The summed E-state index contributed by atoms with van der Waals surface area (Å²) in [7, 11) is 0. The van der Waals surface area contributed by atoms with E-state index < -0.39 is 23.5 Å². The number of hydrogen-bond donors (Lipinski definition) is 1. The largest absolute Gasteiger partial charge is 0.416 e. The van der Waals surface area contributed by atoms with E-state index in [0.29, 0.717) is 47.8 Å². The highest BCUT2D eigenvalue weighted by molar-refractivity contribution is 5.91. The number of carbonyl (C=O) groups is 2. The maximum absolute atomic E-state index is 11.9. The first-order valence-corrected chi connectivity index (χ1v) is 12.8. The Morgan fingerprint density at radius 3 is 1.92 bits per heavy atom. The average Bonchev–Trinajstić information content (AvgIpc) is 3.16. The normalized spacial score (nSPS) is 35.4. The first kappa shape index (κ1) is 27.7. The first-order chi connectivity index (χ1) is 17.1. The lowest BCUT2D eigenvalue weighted by atomic mass is 9.47. The molecular formula is C28H33F6NO2. The van der Waals surface area contributed by atoms with Crippen LogP contribution in [0.2, 0.25) is 0 Å². The summed E-state index contributed by atoms with van der Waals surface area (Å²) in [5, 5.41) is 0. The van der Waals surface area contributed by atoms with Gasteiger partial charge in [-0.1, -0.05) is 19.4 Å². The van der Waals surface area contributed by atoms with Crippen molar-refractivity contribution in [3.8, 4) is 0 Å². The molecule has 37 heavy (non-hydrogen) atoms. The Balaban J connectivity index is 0.000000197. The van der Waals surface area contributed by atoms with Gasteiger partial charge in [0.1, 0.15) is 0 Å². The van der Waals surface area contributed by atoms with Crippen molar-refractivity contribution in [2.24, 2.45) is 40.2 Å². The maximum atomic E-state index is 11.9. The molecule has 3 nitrogen and oxygen atoms in total. The number of carbonyl (C=O) groups excluding carboxylic acids is 2. The Bertz CT molecular complexity index is 1040. The van der Waals surface area contributed by atoms with E-state index in [9.17, 15) is 35.9 Å². The zero-order valence-corrected chi connectivity index (χ0v) is 21.0. The molecule has 0 radical (unpaired) electrons. The summed E-state index contributed by atoms with van der Waals surface area (Å²) in [5.41, 5.74) is 5.30. The van der Waals surface area contributed by atoms with E-state index in [0.717, 1.165) is 32.1 Å². The van der Waals surface area contributed by atoms with Gasteiger partial charge < -0.3 is 5.73 Å². The first-order valence-electron chi connectivity index (χ1n) is 12.8. The number of allylic oxidation sites excluding steroid dienone is 1. The SMILES string of the molecule is CC12CCC(=O)C=C1CCC1C2CCC2(C)C(C(N)=O)CCC12.FC(F)(F)c1ccc(C(F)(F)F)cc1. The van der Waals surface area contributed by atoms with Gasteiger partial charge in [-0.3, -0.25) is 9.59 Å². The molecule has 3 saturated carbocycles. The Morgan fingerprint density at radius 2 is 1.41 bits per heavy atom. The fraction of sp³-hybridized carbons (Fsp3) is 0.643. The molecule has 3 fully saturated rings. The fourth-order valence-corrected chi connectivity index (χ4v) is 7.87. The van der Waals surface area contributed by atoms with Crippen LogP contribution in [0.5, 0.6) is 0 Å². The highest BCUT2D eigenvalue weighted by Crippen LogP contribution is 2.66. The molecule has 2 N–H and O–H groups in total. The third-order valence-electron chi connectivity index (χ3n) is 9.85. The summed E-state index contributed by atoms with van der Waals surface area (Å²) >= 11 is 0. The molecule has 1 aromatic carbocycles. The van der Waals surface area contributed by atoms with Crippen LogP contribution < -0.4 is 5.73 Å². The second-order valence-corrected chi connectivity index (χ2v) is 11.6. The minimum Gasteiger partial charge on any atom is -0.369 e. The average molecular weight is 530 g/mol. The molecule has 0 aromatic heterocycles. The predicted octanol–water partition coefficient (Wildman–Crippen LogP) is 7.34. The third kappa shape index (κ3) is 5.07. The van der Waals surface area contributed by atoms with Gasteiger partial charge in [0, 0.05) is 12.3 Å². The Kier molecular flexibility index (Phi) is 7.08. The number of rotatable bonds is 1. The maximum Gasteiger partial charge on any atom is 0.416 e. The van der Waals surface area contributed by atoms with Gasteiger partial charge in [-0.05, 0) is 104 Å². The molecule has 6 atom stereocenters. The van der Waals surface area contributed by atoms with Gasteiger partial charge in [0.05, 0.1) is 11.1 Å². The van der Waals surface area contributed by atoms with E-state index in [4.69, 9.17) is 5.73 Å². The van der Waals surface area contributed by atoms with E-state index >= 15 is 0 Å². The number of benzene rings is 1. The fourth-order valence-electron chi connectivity index (χ4n) is 7.87. The zero-order valence-electron chi connectivity index (χ0n) is 21.0. The molecule has 4 aliphatic rings. The molecule has 6 unspecified atom stereocenters. The molecule has 0 aliphatic heterocycles. The lowest BCUT2D eigenvalue weighted by molar-refractivity contribution is -0.141. The quantitative estimate of drug-likeness (QED) is 0.387. The van der Waals surface area contributed by atoms with Crippen LogP contribution in [0.1, 0.15) is 76.3 Å². The van der Waals surface area contributed by atoms with Crippen LogP contribution in [0.25, 0.3) is 0 Å². The van der Waals surface area contributed by atoms with E-state index in [1.807, 2.05) is 6.08 Å². The molecule has 1 aromatic rings. The van der Waals surface area contributed by atoms with Gasteiger partial charge in [-0.15, -0.1) is 0 Å². The van der Waals surface area contributed by atoms with Crippen molar-refractivity contribution in [1.82, 2.24) is 0 Å². The number of primary amides is 1. The van der Waals surface area contributed by atoms with Crippen LogP contribution >= 0.6 is 0 Å². The highest BCUT2D eigenvalue weighted by Gasteiger charge is 2.59. The molecule has 4 aliphatic carbocycles. The van der Waals surface area contributed by atoms with Crippen LogP contribution in [-0.2, 0) is 21.9 Å². The second kappa shape index (κ2) is 9.45. The van der Waals surface area contributed by atoms with Crippen LogP contribution in [0.3, 0.4) is 0 Å². The summed E-state index contributed by atoms with van der Waals surface area (Å²) < 4.78 is 71.6. The molecular weight excluding hydrogens is 496 g/mol. The molecule has 0 heterocycles. The van der Waals surface area contributed by atoms with Gasteiger partial charge in [0.15, 0.2) is 5.78 Å². The number of fused-ring (bicyclic) bond motifs is 5. The van der Waals surface area contributed by atoms with Crippen molar-refractivity contribution >= 4 is 11.7 Å². The van der Waals surface area contributed by atoms with Gasteiger partial charge in [-0.25, -0.2) is 0 Å². The molecule has 0 saturated heterocycles. The smallest absolute Gasteiger partial charge is 0.369 e. The highest BCUT2D eigenvalue weighted by atomic mass is 19.4. The van der Waals surface area contributed by atoms with E-state index in [1.54, 1.807) is 0 Å². The Morgan fingerprint density at radius 1 is 0.838 bits per heavy atom. The van der Waals surface area contributed by atoms with Crippen molar-refractivity contribution in [3.05, 3.63) is 47.0 Å². The van der Waals surface area contributed by atoms with Crippen LogP contribution in [-0.4, -0.2) is 11.7 Å². The van der Waals surface area contributed by atoms with E-state index in [-0.39, 0.29) is 22.7 Å². The summed E-state index contributed by atoms with van der Waals surface area (Å²) in [6, 6.07) is 1.62. The topological polar surface area (TPSA) is 60.2 Å². The lowest BCUT2D eigenvalue weighted by Gasteiger charge is -2.58. The van der Waals surface area contributed by atoms with Crippen LogP contribution in [0.15, 0.2) is 35.9 Å². The minimum absolute atomic E-state index is 0.0751. The molecule has 0 bridgehead atoms. The van der Waals surface area contributed by atoms with Crippen molar-refractivity contribution in [3.63, 3.8) is 0 Å². The summed E-state index contributed by atoms with van der Waals surface area (Å²) in [5.74, 6) is 2.38. The number of ketones is 1. The predicted molar refractivity (Wildman–Crippen MR) is 126 cm³/mol. The van der Waals surface area contributed by atoms with Crippen LogP contribution in [0.4, 0.5) is 26.3 Å². The molecule has 0 spiro atoms. The van der Waals surface area contributed by atoms with Crippen molar-refractivity contribution < 1.29 is 35.9 Å². The standard InChI is InChI=1S/C20H29NO2.C8H4F6/c1-19-9-7-13(22)11-12(19)3-4-14-15-5-6-17(18(21)23)20(15,2)10-8-16(14)19;9-7(10,11)5-1-2-6(4-3-5)8(12,13)14/h11,14-17H,3-10H2,1-2H3,(H2,21,23);1-4H. The second-order valence-electron chi connectivity index (χ2n) is 11.6. The van der Waals surface area contributed by atoms with Crippen LogP contribution in [0, 0.1) is 34.5 Å². The van der Waals surface area contributed by atoms with Crippen molar-refractivity contribution in [1.29, 1.82) is 0 Å². The summed E-state index contributed by atoms with van der Waals surface area (Å²) in [6.45, 7) is 4.74. The number of nitrogens with two attached hydrogens (primary N) is 1. The summed E-state index contributed by atoms with van der Waals surface area (Å²) in [4.78, 5) is 23.8. The molecule has 5 rings (SSSR count). The number of hydrogen-bond acceptors (Lipinski definition) is 2. The minimum atomic E-state index is -4.61. The Hall–Kier alpha value is -2.32. The van der Waals surface area contributed by atoms with Gasteiger partial charge >= 0.3 is 12.4 Å².